The van der Waals surface area contributed by atoms with E-state index in [-0.39, 0.29) is 5.97 Å². The Morgan fingerprint density at radius 2 is 2.38 bits per heavy atom. The number of nitrogens with zero attached hydrogens (tertiary/aromatic N) is 2. The SMILES string of the molecule is CCOC(=O)C1(C)CCN(N=O)C1. The molecule has 1 aliphatic heterocycles. The minimum atomic E-state index is -0.552. The van der Waals surface area contributed by atoms with E-state index < -0.39 is 5.41 Å². The Kier molecular flexibility index (Phi) is 2.85. The quantitative estimate of drug-likeness (QED) is 0.486. The van der Waals surface area contributed by atoms with Gasteiger partial charge in [0.1, 0.15) is 0 Å². The maximum absolute atomic E-state index is 11.4. The summed E-state index contributed by atoms with van der Waals surface area (Å²) in [7, 11) is 0. The average Bonchev–Trinajstić information content (AvgIpc) is 2.49. The number of hydrogen-bond donors (Lipinski definition) is 0. The van der Waals surface area contributed by atoms with Crippen LogP contribution in [-0.2, 0) is 9.53 Å². The fourth-order valence-electron chi connectivity index (χ4n) is 1.48. The second-order valence-electron chi connectivity index (χ2n) is 3.50. The topological polar surface area (TPSA) is 59.0 Å². The van der Waals surface area contributed by atoms with E-state index >= 15 is 0 Å². The second kappa shape index (κ2) is 3.72. The van der Waals surface area contributed by atoms with Crippen molar-refractivity contribution in [2.24, 2.45) is 10.7 Å². The van der Waals surface area contributed by atoms with Crippen molar-refractivity contribution in [2.45, 2.75) is 20.3 Å². The van der Waals surface area contributed by atoms with E-state index in [1.807, 2.05) is 0 Å². The van der Waals surface area contributed by atoms with Crippen molar-refractivity contribution in [1.29, 1.82) is 0 Å². The molecule has 1 saturated heterocycles. The smallest absolute Gasteiger partial charge is 0.313 e. The summed E-state index contributed by atoms with van der Waals surface area (Å²) in [5.41, 5.74) is -0.552. The standard InChI is InChI=1S/C8H14N2O3/c1-3-13-7(11)8(2)4-5-10(6-8)9-12/h3-6H2,1-2H3. The third kappa shape index (κ3) is 1.96. The van der Waals surface area contributed by atoms with E-state index in [4.69, 9.17) is 4.74 Å². The minimum absolute atomic E-state index is 0.235. The van der Waals surface area contributed by atoms with Gasteiger partial charge in [-0.2, -0.15) is 0 Å². The lowest BCUT2D eigenvalue weighted by atomic mass is 9.90. The van der Waals surface area contributed by atoms with Crippen LogP contribution in [0, 0.1) is 10.3 Å². The fraction of sp³-hybridized carbons (Fsp3) is 0.875. The van der Waals surface area contributed by atoms with Gasteiger partial charge < -0.3 is 4.74 Å². The second-order valence-corrected chi connectivity index (χ2v) is 3.50. The molecule has 0 aromatic heterocycles. The minimum Gasteiger partial charge on any atom is -0.466 e. The van der Waals surface area contributed by atoms with E-state index in [0.29, 0.717) is 26.1 Å². The van der Waals surface area contributed by atoms with Gasteiger partial charge in [-0.15, -0.1) is 4.91 Å². The van der Waals surface area contributed by atoms with E-state index in [1.165, 1.54) is 5.01 Å². The van der Waals surface area contributed by atoms with Crippen LogP contribution in [0.4, 0.5) is 0 Å². The molecule has 1 rings (SSSR count). The molecule has 1 heterocycles. The third-order valence-corrected chi connectivity index (χ3v) is 2.34. The van der Waals surface area contributed by atoms with Crippen LogP contribution in [0.3, 0.4) is 0 Å². The van der Waals surface area contributed by atoms with Crippen molar-refractivity contribution in [3.63, 3.8) is 0 Å². The molecule has 1 unspecified atom stereocenters. The average molecular weight is 186 g/mol. The lowest BCUT2D eigenvalue weighted by Gasteiger charge is -2.19. The van der Waals surface area contributed by atoms with Crippen molar-refractivity contribution in [1.82, 2.24) is 5.01 Å². The molecule has 5 nitrogen and oxygen atoms in total. The molecular weight excluding hydrogens is 172 g/mol. The van der Waals surface area contributed by atoms with Gasteiger partial charge in [0.05, 0.1) is 23.9 Å². The molecule has 1 fully saturated rings. The summed E-state index contributed by atoms with van der Waals surface area (Å²) in [6.45, 7) is 4.86. The first kappa shape index (κ1) is 9.95. The van der Waals surface area contributed by atoms with Gasteiger partial charge in [-0.25, -0.2) is 0 Å². The number of carbonyl (C=O) groups is 1. The first-order chi connectivity index (χ1) is 6.12. The van der Waals surface area contributed by atoms with E-state index in [1.54, 1.807) is 13.8 Å². The van der Waals surface area contributed by atoms with Gasteiger partial charge in [0.2, 0.25) is 0 Å². The van der Waals surface area contributed by atoms with Crippen molar-refractivity contribution in [2.75, 3.05) is 19.7 Å². The van der Waals surface area contributed by atoms with Crippen molar-refractivity contribution < 1.29 is 9.53 Å². The first-order valence-electron chi connectivity index (χ1n) is 4.38. The molecule has 0 bridgehead atoms. The molecule has 0 spiro atoms. The summed E-state index contributed by atoms with van der Waals surface area (Å²) in [6.07, 6.45) is 0.636. The van der Waals surface area contributed by atoms with Gasteiger partial charge >= 0.3 is 5.97 Å². The summed E-state index contributed by atoms with van der Waals surface area (Å²) >= 11 is 0. The molecular formula is C8H14N2O3. The highest BCUT2D eigenvalue weighted by Crippen LogP contribution is 2.31. The maximum Gasteiger partial charge on any atom is 0.313 e. The third-order valence-electron chi connectivity index (χ3n) is 2.34. The van der Waals surface area contributed by atoms with Crippen LogP contribution in [0.5, 0.6) is 0 Å². The summed E-state index contributed by atoms with van der Waals surface area (Å²) in [6, 6.07) is 0. The lowest BCUT2D eigenvalue weighted by Crippen LogP contribution is -2.32. The Labute approximate surface area is 77.0 Å². The molecule has 1 atom stereocenters. The Morgan fingerprint density at radius 3 is 2.85 bits per heavy atom. The Bertz CT molecular complexity index is 219. The molecule has 0 aliphatic carbocycles. The molecule has 13 heavy (non-hydrogen) atoms. The number of hydrogen-bond acceptors (Lipinski definition) is 4. The lowest BCUT2D eigenvalue weighted by molar-refractivity contribution is -0.153. The Balaban J connectivity index is 2.57. The molecule has 0 saturated carbocycles. The Hall–Kier alpha value is -1.13. The van der Waals surface area contributed by atoms with Crippen molar-refractivity contribution in [3.05, 3.63) is 4.91 Å². The van der Waals surface area contributed by atoms with Crippen LogP contribution >= 0.6 is 0 Å². The van der Waals surface area contributed by atoms with Gasteiger partial charge in [-0.3, -0.25) is 9.80 Å². The number of rotatable bonds is 3. The van der Waals surface area contributed by atoms with E-state index in [9.17, 15) is 9.70 Å². The Morgan fingerprint density at radius 1 is 1.69 bits per heavy atom. The van der Waals surface area contributed by atoms with Crippen LogP contribution < -0.4 is 0 Å². The van der Waals surface area contributed by atoms with Crippen molar-refractivity contribution >= 4 is 5.97 Å². The molecule has 0 N–H and O–H groups in total. The molecule has 0 amide bonds. The zero-order valence-corrected chi connectivity index (χ0v) is 7.95. The highest BCUT2D eigenvalue weighted by atomic mass is 16.5. The zero-order valence-electron chi connectivity index (χ0n) is 7.95. The van der Waals surface area contributed by atoms with E-state index in [0.717, 1.165) is 0 Å². The van der Waals surface area contributed by atoms with Gasteiger partial charge in [0, 0.05) is 6.54 Å². The monoisotopic (exact) mass is 186 g/mol. The van der Waals surface area contributed by atoms with Gasteiger partial charge in [0.25, 0.3) is 0 Å². The van der Waals surface area contributed by atoms with Crippen LogP contribution in [0.15, 0.2) is 5.29 Å². The van der Waals surface area contributed by atoms with Gasteiger partial charge in [0.15, 0.2) is 0 Å². The summed E-state index contributed by atoms with van der Waals surface area (Å²) in [4.78, 5) is 21.6. The fourth-order valence-corrected chi connectivity index (χ4v) is 1.48. The molecule has 1 aliphatic rings. The molecule has 0 radical (unpaired) electrons. The summed E-state index contributed by atoms with van der Waals surface area (Å²) < 4.78 is 4.91. The predicted molar refractivity (Wildman–Crippen MR) is 46.7 cm³/mol. The number of ether oxygens (including phenoxy) is 1. The normalized spacial score (nSPS) is 27.4. The van der Waals surface area contributed by atoms with Crippen LogP contribution in [-0.4, -0.2) is 30.7 Å². The number of nitroso groups, excluding NO2 is 1. The van der Waals surface area contributed by atoms with Gasteiger partial charge in [-0.05, 0) is 20.3 Å². The zero-order chi connectivity index (χ0) is 9.90. The molecule has 0 aromatic rings. The maximum atomic E-state index is 11.4. The largest absolute Gasteiger partial charge is 0.466 e. The first-order valence-corrected chi connectivity index (χ1v) is 4.38. The van der Waals surface area contributed by atoms with E-state index in [2.05, 4.69) is 5.29 Å². The molecule has 74 valence electrons. The van der Waals surface area contributed by atoms with Gasteiger partial charge in [-0.1, -0.05) is 0 Å². The predicted octanol–water partition coefficient (Wildman–Crippen LogP) is 0.943. The van der Waals surface area contributed by atoms with Crippen LogP contribution in [0.25, 0.3) is 0 Å². The van der Waals surface area contributed by atoms with Crippen molar-refractivity contribution in [3.8, 4) is 0 Å². The van der Waals surface area contributed by atoms with Crippen LogP contribution in [0.2, 0.25) is 0 Å². The molecule has 0 aromatic carbocycles. The van der Waals surface area contributed by atoms with Crippen LogP contribution in [0.1, 0.15) is 20.3 Å². The number of carbonyl (C=O) groups excluding carboxylic acids is 1. The molecule has 5 heteroatoms. The highest BCUT2D eigenvalue weighted by Gasteiger charge is 2.42. The highest BCUT2D eigenvalue weighted by molar-refractivity contribution is 5.77. The summed E-state index contributed by atoms with van der Waals surface area (Å²) in [5, 5.41) is 4.16. The number of esters is 1. The summed E-state index contributed by atoms with van der Waals surface area (Å²) in [5.74, 6) is -0.235.